The molecule has 0 amide bonds. The van der Waals surface area contributed by atoms with E-state index < -0.39 is 11.7 Å². The van der Waals surface area contributed by atoms with Gasteiger partial charge in [0.1, 0.15) is 23.5 Å². The van der Waals surface area contributed by atoms with Gasteiger partial charge < -0.3 is 29.7 Å². The Hall–Kier alpha value is -4.81. The fourth-order valence-electron chi connectivity index (χ4n) is 9.07. The molecule has 0 aliphatic carbocycles. The average molecular weight is 727 g/mol. The van der Waals surface area contributed by atoms with E-state index in [2.05, 4.69) is 88.0 Å². The van der Waals surface area contributed by atoms with Gasteiger partial charge in [-0.1, -0.05) is 61.5 Å². The third-order valence-corrected chi connectivity index (χ3v) is 11.6. The highest BCUT2D eigenvalue weighted by Gasteiger charge is 2.74. The summed E-state index contributed by atoms with van der Waals surface area (Å²) in [5, 5.41) is 28.4. The lowest BCUT2D eigenvalue weighted by atomic mass is 9.86. The molecule has 4 aromatic rings. The van der Waals surface area contributed by atoms with Crippen LogP contribution in [0.15, 0.2) is 96.6 Å². The molecule has 4 aliphatic heterocycles. The molecule has 0 aromatic heterocycles. The van der Waals surface area contributed by atoms with Gasteiger partial charge in [-0.05, 0) is 110 Å². The number of halogens is 1. The molecular weight excluding hydrogens is 680 g/mol. The van der Waals surface area contributed by atoms with Gasteiger partial charge in [-0.25, -0.2) is 9.29 Å². The first-order chi connectivity index (χ1) is 26.4. The molecule has 4 aromatic carbocycles. The lowest BCUT2D eigenvalue weighted by Gasteiger charge is -2.64. The number of benzene rings is 4. The minimum Gasteiger partial charge on any atom is -0.350 e. The number of rotatable bonds is 12. The van der Waals surface area contributed by atoms with Crippen molar-refractivity contribution < 1.29 is 18.6 Å². The van der Waals surface area contributed by atoms with Gasteiger partial charge in [-0.15, -0.1) is 0 Å². The third-order valence-electron chi connectivity index (χ3n) is 11.6. The summed E-state index contributed by atoms with van der Waals surface area (Å²) in [6.45, 7) is 6.00. The van der Waals surface area contributed by atoms with Crippen molar-refractivity contribution in [3.63, 3.8) is 0 Å². The van der Waals surface area contributed by atoms with E-state index in [1.54, 1.807) is 6.08 Å². The topological polar surface area (TPSA) is 106 Å². The Labute approximate surface area is 316 Å². The van der Waals surface area contributed by atoms with E-state index in [4.69, 9.17) is 14.2 Å². The first kappa shape index (κ1) is 36.2. The lowest BCUT2D eigenvalue weighted by Crippen LogP contribution is -2.81. The maximum atomic E-state index is 14.3. The summed E-state index contributed by atoms with van der Waals surface area (Å²) in [7, 11) is 0. The quantitative estimate of drug-likeness (QED) is 0.143. The highest BCUT2D eigenvalue weighted by atomic mass is 19.1. The molecule has 0 bridgehead atoms. The largest absolute Gasteiger partial charge is 0.350 e. The highest BCUT2D eigenvalue weighted by Crippen LogP contribution is 2.59. The Morgan fingerprint density at radius 3 is 2.41 bits per heavy atom. The van der Waals surface area contributed by atoms with E-state index in [1.807, 2.05) is 24.3 Å². The van der Waals surface area contributed by atoms with Crippen LogP contribution in [0.4, 0.5) is 15.8 Å². The maximum Gasteiger partial charge on any atom is 0.209 e. The second kappa shape index (κ2) is 15.1. The summed E-state index contributed by atoms with van der Waals surface area (Å²) in [5.74, 6) is -2.00. The molecule has 4 heterocycles. The Bertz CT molecular complexity index is 2070. The minimum atomic E-state index is -0.969. The van der Waals surface area contributed by atoms with Crippen molar-refractivity contribution in [2.45, 2.75) is 81.8 Å². The van der Waals surface area contributed by atoms with Crippen molar-refractivity contribution in [1.82, 2.24) is 10.2 Å². The van der Waals surface area contributed by atoms with Crippen LogP contribution in [0.25, 0.3) is 10.8 Å². The molecule has 4 saturated heterocycles. The predicted molar refractivity (Wildman–Crippen MR) is 207 cm³/mol. The van der Waals surface area contributed by atoms with E-state index in [-0.39, 0.29) is 23.2 Å². The molecule has 1 spiro atoms. The number of nitrogens with one attached hydrogen (secondary N) is 2. The second-order valence-electron chi connectivity index (χ2n) is 15.0. The Balaban J connectivity index is 1.25. The van der Waals surface area contributed by atoms with Crippen molar-refractivity contribution >= 4 is 22.1 Å². The predicted octanol–water partition coefficient (Wildman–Crippen LogP) is 7.54. The van der Waals surface area contributed by atoms with Crippen LogP contribution in [0, 0.1) is 28.5 Å². The van der Waals surface area contributed by atoms with Crippen LogP contribution in [-0.4, -0.2) is 61.3 Å². The highest BCUT2D eigenvalue weighted by molar-refractivity contribution is 5.95. The summed E-state index contributed by atoms with van der Waals surface area (Å²) in [5.41, 5.74) is 5.14. The molecule has 8 rings (SSSR count). The van der Waals surface area contributed by atoms with Crippen molar-refractivity contribution in [3.05, 3.63) is 119 Å². The molecule has 9 nitrogen and oxygen atoms in total. The summed E-state index contributed by atoms with van der Waals surface area (Å²) in [6, 6.07) is 32.1. The number of para-hydroxylation sites is 1. The van der Waals surface area contributed by atoms with Gasteiger partial charge in [-0.2, -0.15) is 10.5 Å². The zero-order chi connectivity index (χ0) is 37.2. The number of piperidine rings is 1. The number of fused-ring (bicyclic) bond motifs is 2. The monoisotopic (exact) mass is 726 g/mol. The van der Waals surface area contributed by atoms with Crippen LogP contribution in [0.1, 0.15) is 55.7 Å². The van der Waals surface area contributed by atoms with Gasteiger partial charge in [-0.3, -0.25) is 0 Å². The third kappa shape index (κ3) is 6.74. The molecular formula is C44H47FN6O3. The summed E-state index contributed by atoms with van der Waals surface area (Å²) < 4.78 is 33.7. The molecule has 2 unspecified atom stereocenters. The standard InChI is InChI=1S/C44H47FN6O3/c1-2-32-25-36-15-12-33(10-11-35(29-46)30-47)26-39(36)40(27-32)49-43(28-34-13-16-37(45)17-14-34)50-31-42(19-21-48-22-20-42)51(38-7-4-3-5-8-38)44(50,54-43)18-6-9-41-52-23-24-53-41/h3-5,7-8,11-17,25-27,41,48-49H,2,6,9-10,18-24,28,31H2,1H3. The summed E-state index contributed by atoms with van der Waals surface area (Å²) in [4.78, 5) is 5.13. The fraction of sp³-hybridized carbons (Fsp3) is 0.409. The molecule has 4 fully saturated rings. The van der Waals surface area contributed by atoms with Crippen molar-refractivity contribution in [1.29, 1.82) is 10.5 Å². The van der Waals surface area contributed by atoms with Gasteiger partial charge in [0.25, 0.3) is 0 Å². The zero-order valence-corrected chi connectivity index (χ0v) is 30.8. The normalized spacial score (nSPS) is 23.4. The molecule has 4 aliphatic rings. The molecule has 2 atom stereocenters. The number of anilines is 2. The van der Waals surface area contributed by atoms with Gasteiger partial charge in [0.15, 0.2) is 6.29 Å². The van der Waals surface area contributed by atoms with Gasteiger partial charge in [0, 0.05) is 36.1 Å². The minimum absolute atomic E-state index is 0.0992. The number of allylic oxidation sites excluding steroid dienone is 2. The first-order valence-corrected chi connectivity index (χ1v) is 19.3. The fourth-order valence-corrected chi connectivity index (χ4v) is 9.07. The van der Waals surface area contributed by atoms with Crippen LogP contribution in [0.2, 0.25) is 0 Å². The van der Waals surface area contributed by atoms with E-state index >= 15 is 0 Å². The van der Waals surface area contributed by atoms with Crippen LogP contribution >= 0.6 is 0 Å². The molecule has 0 saturated carbocycles. The maximum absolute atomic E-state index is 14.3. The van der Waals surface area contributed by atoms with Crippen LogP contribution in [0.3, 0.4) is 0 Å². The number of ether oxygens (including phenoxy) is 3. The van der Waals surface area contributed by atoms with Gasteiger partial charge in [0.2, 0.25) is 11.7 Å². The molecule has 10 heteroatoms. The first-order valence-electron chi connectivity index (χ1n) is 19.3. The number of aryl methyl sites for hydroxylation is 1. The van der Waals surface area contributed by atoms with Crippen LogP contribution in [0.5, 0.6) is 0 Å². The molecule has 54 heavy (non-hydrogen) atoms. The molecule has 2 N–H and O–H groups in total. The number of nitrogens with zero attached hydrogens (tertiary/aromatic N) is 4. The van der Waals surface area contributed by atoms with E-state index in [1.165, 1.54) is 17.7 Å². The number of hydrogen-bond donors (Lipinski definition) is 2. The summed E-state index contributed by atoms with van der Waals surface area (Å²) in [6.07, 6.45) is 7.54. The zero-order valence-electron chi connectivity index (χ0n) is 30.8. The second-order valence-corrected chi connectivity index (χ2v) is 15.0. The Morgan fingerprint density at radius 2 is 1.69 bits per heavy atom. The molecule has 278 valence electrons. The van der Waals surface area contributed by atoms with Crippen molar-refractivity contribution in [3.8, 4) is 12.1 Å². The van der Waals surface area contributed by atoms with Gasteiger partial charge in [0.05, 0.1) is 18.8 Å². The average Bonchev–Trinajstić information content (AvgIpc) is 3.79. The number of nitriles is 2. The smallest absolute Gasteiger partial charge is 0.209 e. The Kier molecular flexibility index (Phi) is 10.1. The van der Waals surface area contributed by atoms with E-state index in [0.29, 0.717) is 26.1 Å². The van der Waals surface area contributed by atoms with Crippen molar-refractivity contribution in [2.75, 3.05) is 43.1 Å². The van der Waals surface area contributed by atoms with E-state index in [9.17, 15) is 14.9 Å². The van der Waals surface area contributed by atoms with Crippen molar-refractivity contribution in [2.24, 2.45) is 0 Å². The molecule has 0 radical (unpaired) electrons. The number of hydrogen-bond acceptors (Lipinski definition) is 9. The van der Waals surface area contributed by atoms with Crippen LogP contribution in [-0.2, 0) is 33.5 Å². The van der Waals surface area contributed by atoms with Crippen LogP contribution < -0.4 is 15.5 Å². The SMILES string of the molecule is CCc1cc(NC2(Cc3ccc(F)cc3)OC3(CCCC4OCCO4)N(c4ccccc4)C4(CCNCC4)CN23)c2cc(CC=C(C#N)C#N)ccc2c1. The Morgan fingerprint density at radius 1 is 0.944 bits per heavy atom. The summed E-state index contributed by atoms with van der Waals surface area (Å²) >= 11 is 0. The van der Waals surface area contributed by atoms with Gasteiger partial charge >= 0.3 is 0 Å². The van der Waals surface area contributed by atoms with E-state index in [0.717, 1.165) is 91.4 Å². The lowest BCUT2D eigenvalue weighted by molar-refractivity contribution is -0.390.